The molecule has 6 nitrogen and oxygen atoms in total. The fraction of sp³-hybridized carbons (Fsp3) is 0.333. The molecule has 2 aromatic heterocycles. The fourth-order valence-corrected chi connectivity index (χ4v) is 2.36. The van der Waals surface area contributed by atoms with Gasteiger partial charge in [0.2, 0.25) is 0 Å². The van der Waals surface area contributed by atoms with E-state index in [0.29, 0.717) is 0 Å². The average molecular weight is 282 g/mol. The van der Waals surface area contributed by atoms with E-state index in [1.165, 1.54) is 11.9 Å². The summed E-state index contributed by atoms with van der Waals surface area (Å²) in [6.45, 7) is 8.10. The third kappa shape index (κ3) is 2.44. The molecule has 3 aromatic rings. The van der Waals surface area contributed by atoms with Crippen molar-refractivity contribution in [3.63, 3.8) is 0 Å². The van der Waals surface area contributed by atoms with Gasteiger partial charge < -0.3 is 0 Å². The van der Waals surface area contributed by atoms with E-state index in [0.717, 1.165) is 22.9 Å². The van der Waals surface area contributed by atoms with Gasteiger partial charge in [0.15, 0.2) is 5.82 Å². The first-order valence-corrected chi connectivity index (χ1v) is 6.91. The second kappa shape index (κ2) is 5.12. The van der Waals surface area contributed by atoms with Crippen LogP contribution < -0.4 is 0 Å². The van der Waals surface area contributed by atoms with Gasteiger partial charge in [-0.2, -0.15) is 10.2 Å². The van der Waals surface area contributed by atoms with Gasteiger partial charge >= 0.3 is 0 Å². The van der Waals surface area contributed by atoms with Crippen molar-refractivity contribution in [2.45, 2.75) is 33.7 Å². The minimum Gasteiger partial charge on any atom is -0.243 e. The van der Waals surface area contributed by atoms with Crippen molar-refractivity contribution >= 4 is 0 Å². The maximum Gasteiger partial charge on any atom is 0.157 e. The molecule has 0 radical (unpaired) electrons. The van der Waals surface area contributed by atoms with Crippen LogP contribution in [0.1, 0.15) is 35.7 Å². The van der Waals surface area contributed by atoms with Crippen LogP contribution in [0.25, 0.3) is 5.69 Å². The Labute approximate surface area is 123 Å². The molecule has 0 N–H and O–H groups in total. The molecular formula is C15H18N6. The summed E-state index contributed by atoms with van der Waals surface area (Å²) in [7, 11) is 0. The number of nitrogens with zero attached hydrogens (tertiary/aromatic N) is 6. The number of aromatic nitrogens is 6. The lowest BCUT2D eigenvalue weighted by Crippen LogP contribution is -2.14. The molecular weight excluding hydrogens is 264 g/mol. The summed E-state index contributed by atoms with van der Waals surface area (Å²) >= 11 is 0. The van der Waals surface area contributed by atoms with Gasteiger partial charge in [0.05, 0.1) is 5.69 Å². The molecule has 3 rings (SSSR count). The topological polar surface area (TPSA) is 61.4 Å². The molecule has 0 saturated heterocycles. The van der Waals surface area contributed by atoms with Crippen LogP contribution >= 0.6 is 0 Å². The van der Waals surface area contributed by atoms with Crippen LogP contribution in [0, 0.1) is 20.8 Å². The number of rotatable bonds is 3. The maximum absolute atomic E-state index is 4.58. The second-order valence-corrected chi connectivity index (χ2v) is 5.27. The summed E-state index contributed by atoms with van der Waals surface area (Å²) in [6, 6.07) is 6.30. The van der Waals surface area contributed by atoms with Crippen LogP contribution in [0.15, 0.2) is 30.9 Å². The molecule has 2 heterocycles. The number of aryl methyl sites for hydroxylation is 3. The molecule has 0 spiro atoms. The molecule has 108 valence electrons. The maximum atomic E-state index is 4.58. The summed E-state index contributed by atoms with van der Waals surface area (Å²) in [5, 5.41) is 8.76. The van der Waals surface area contributed by atoms with Gasteiger partial charge in [0.25, 0.3) is 0 Å². The zero-order valence-corrected chi connectivity index (χ0v) is 12.6. The largest absolute Gasteiger partial charge is 0.243 e. The van der Waals surface area contributed by atoms with Gasteiger partial charge in [0.1, 0.15) is 24.5 Å². The summed E-state index contributed by atoms with van der Waals surface area (Å²) in [6.07, 6.45) is 3.23. The van der Waals surface area contributed by atoms with Crippen molar-refractivity contribution < 1.29 is 0 Å². The first-order chi connectivity index (χ1) is 10.1. The van der Waals surface area contributed by atoms with Gasteiger partial charge in [-0.3, -0.25) is 0 Å². The van der Waals surface area contributed by atoms with E-state index < -0.39 is 0 Å². The van der Waals surface area contributed by atoms with Gasteiger partial charge in [0, 0.05) is 0 Å². The average Bonchev–Trinajstić information content (AvgIpc) is 3.10. The molecule has 0 saturated carbocycles. The molecule has 0 aliphatic rings. The smallest absolute Gasteiger partial charge is 0.157 e. The van der Waals surface area contributed by atoms with Crippen LogP contribution in [0.2, 0.25) is 0 Å². The van der Waals surface area contributed by atoms with Gasteiger partial charge in [-0.25, -0.2) is 19.3 Å². The second-order valence-electron chi connectivity index (χ2n) is 5.27. The van der Waals surface area contributed by atoms with E-state index in [-0.39, 0.29) is 6.04 Å². The van der Waals surface area contributed by atoms with Crippen LogP contribution in [-0.4, -0.2) is 29.5 Å². The highest BCUT2D eigenvalue weighted by molar-refractivity contribution is 5.43. The lowest BCUT2D eigenvalue weighted by molar-refractivity contribution is 0.521. The van der Waals surface area contributed by atoms with Gasteiger partial charge in [-0.1, -0.05) is 12.1 Å². The number of hydrogen-bond donors (Lipinski definition) is 0. The van der Waals surface area contributed by atoms with Crippen molar-refractivity contribution in [1.29, 1.82) is 0 Å². The zero-order valence-electron chi connectivity index (χ0n) is 12.6. The lowest BCUT2D eigenvalue weighted by Gasteiger charge is -2.14. The Morgan fingerprint density at radius 1 is 1.14 bits per heavy atom. The monoisotopic (exact) mass is 282 g/mol. The van der Waals surface area contributed by atoms with Crippen molar-refractivity contribution in [1.82, 2.24) is 29.5 Å². The van der Waals surface area contributed by atoms with Crippen LogP contribution in [0.3, 0.4) is 0 Å². The van der Waals surface area contributed by atoms with Crippen LogP contribution in [-0.2, 0) is 0 Å². The predicted octanol–water partition coefficient (Wildman–Crippen LogP) is 2.39. The molecule has 0 unspecified atom stereocenters. The Morgan fingerprint density at radius 2 is 1.95 bits per heavy atom. The van der Waals surface area contributed by atoms with Gasteiger partial charge in [-0.05, 0) is 44.9 Å². The van der Waals surface area contributed by atoms with Crippen LogP contribution in [0.5, 0.6) is 0 Å². The highest BCUT2D eigenvalue weighted by Gasteiger charge is 2.19. The Balaban J connectivity index is 2.14. The quantitative estimate of drug-likeness (QED) is 0.740. The highest BCUT2D eigenvalue weighted by atomic mass is 15.4. The summed E-state index contributed by atoms with van der Waals surface area (Å²) in [5.74, 6) is 1.60. The first kappa shape index (κ1) is 13.5. The zero-order chi connectivity index (χ0) is 15.0. The SMILES string of the molecule is Cc1ccc(C)c(-n2nc(C)nc2[C@H](C)n2cncn2)c1. The Kier molecular flexibility index (Phi) is 3.29. The fourth-order valence-electron chi connectivity index (χ4n) is 2.36. The Morgan fingerprint density at radius 3 is 2.67 bits per heavy atom. The van der Waals surface area contributed by atoms with E-state index in [1.807, 2.05) is 18.5 Å². The van der Waals surface area contributed by atoms with Gasteiger partial charge in [-0.15, -0.1) is 0 Å². The highest BCUT2D eigenvalue weighted by Crippen LogP contribution is 2.22. The van der Waals surface area contributed by atoms with Crippen molar-refractivity contribution in [3.05, 3.63) is 53.6 Å². The predicted molar refractivity (Wildman–Crippen MR) is 79.4 cm³/mol. The first-order valence-electron chi connectivity index (χ1n) is 6.91. The molecule has 0 aliphatic heterocycles. The molecule has 0 aliphatic carbocycles. The third-order valence-electron chi connectivity index (χ3n) is 3.54. The van der Waals surface area contributed by atoms with Crippen molar-refractivity contribution in [3.8, 4) is 5.69 Å². The molecule has 0 bridgehead atoms. The minimum absolute atomic E-state index is 0.0337. The lowest BCUT2D eigenvalue weighted by atomic mass is 10.1. The minimum atomic E-state index is -0.0337. The summed E-state index contributed by atoms with van der Waals surface area (Å²) in [5.41, 5.74) is 3.42. The van der Waals surface area contributed by atoms with E-state index in [4.69, 9.17) is 0 Å². The molecule has 6 heteroatoms. The van der Waals surface area contributed by atoms with Crippen LogP contribution in [0.4, 0.5) is 0 Å². The summed E-state index contributed by atoms with van der Waals surface area (Å²) in [4.78, 5) is 8.58. The van der Waals surface area contributed by atoms with E-state index in [9.17, 15) is 0 Å². The number of hydrogen-bond acceptors (Lipinski definition) is 4. The normalized spacial score (nSPS) is 12.6. The van der Waals surface area contributed by atoms with Crippen molar-refractivity contribution in [2.24, 2.45) is 0 Å². The van der Waals surface area contributed by atoms with E-state index >= 15 is 0 Å². The summed E-state index contributed by atoms with van der Waals surface area (Å²) < 4.78 is 3.69. The van der Waals surface area contributed by atoms with E-state index in [2.05, 4.69) is 52.2 Å². The number of benzene rings is 1. The third-order valence-corrected chi connectivity index (χ3v) is 3.54. The van der Waals surface area contributed by atoms with Crippen molar-refractivity contribution in [2.75, 3.05) is 0 Å². The molecule has 21 heavy (non-hydrogen) atoms. The molecule has 1 aromatic carbocycles. The Bertz CT molecular complexity index is 757. The standard InChI is InChI=1S/C15H18N6/c1-10-5-6-11(2)14(7-10)21-15(18-13(4)19-21)12(3)20-9-16-8-17-20/h5-9,12H,1-4H3/t12-/m0/s1. The molecule has 0 amide bonds. The molecule has 0 fully saturated rings. The van der Waals surface area contributed by atoms with E-state index in [1.54, 1.807) is 11.0 Å². The molecule has 1 atom stereocenters. The Hall–Kier alpha value is -2.50.